The van der Waals surface area contributed by atoms with Crippen LogP contribution in [0.15, 0.2) is 27.4 Å². The van der Waals surface area contributed by atoms with E-state index in [0.717, 1.165) is 10.8 Å². The maximum absolute atomic E-state index is 12.0. The van der Waals surface area contributed by atoms with Crippen LogP contribution in [-0.4, -0.2) is 51.2 Å². The lowest BCUT2D eigenvalue weighted by molar-refractivity contribution is -0.0529. The van der Waals surface area contributed by atoms with Gasteiger partial charge in [0.25, 0.3) is 5.56 Å². The molecule has 1 saturated heterocycles. The van der Waals surface area contributed by atoms with Crippen LogP contribution in [-0.2, 0) is 9.47 Å². The molecule has 0 unspecified atom stereocenters. The topological polar surface area (TPSA) is 131 Å². The molecule has 1 fully saturated rings. The minimum atomic E-state index is -1.20. The van der Waals surface area contributed by atoms with Crippen molar-refractivity contribution in [2.45, 2.75) is 32.3 Å². The minimum absolute atomic E-state index is 0.0647. The lowest BCUT2D eigenvalue weighted by Gasteiger charge is -2.17. The molecule has 1 aromatic rings. The van der Waals surface area contributed by atoms with E-state index in [1.807, 2.05) is 4.98 Å². The van der Waals surface area contributed by atoms with Gasteiger partial charge in [-0.05, 0) is 19.4 Å². The Morgan fingerprint density at radius 2 is 2.22 bits per heavy atom. The Labute approximate surface area is 130 Å². The highest BCUT2D eigenvalue weighted by molar-refractivity contribution is 5.88. The van der Waals surface area contributed by atoms with E-state index < -0.39 is 35.7 Å². The summed E-state index contributed by atoms with van der Waals surface area (Å²) in [7, 11) is 0. The van der Waals surface area contributed by atoms with Gasteiger partial charge in [-0.15, -0.1) is 0 Å². The molecule has 0 aliphatic carbocycles. The Balaban J connectivity index is 2.48. The first-order chi connectivity index (χ1) is 10.9. The van der Waals surface area contributed by atoms with E-state index in [0.29, 0.717) is 5.57 Å². The number of H-pyrrole nitrogens is 1. The number of nitrogens with zero attached hydrogens (tertiary/aromatic N) is 1. The molecule has 2 rings (SSSR count). The van der Waals surface area contributed by atoms with Crippen molar-refractivity contribution in [1.29, 1.82) is 0 Å². The van der Waals surface area contributed by atoms with Crippen molar-refractivity contribution >= 4 is 5.97 Å². The maximum Gasteiger partial charge on any atom is 0.345 e. The van der Waals surface area contributed by atoms with Crippen molar-refractivity contribution < 1.29 is 24.5 Å². The van der Waals surface area contributed by atoms with Crippen molar-refractivity contribution in [3.05, 3.63) is 44.2 Å². The van der Waals surface area contributed by atoms with Gasteiger partial charge in [0.2, 0.25) is 0 Å². The highest BCUT2D eigenvalue weighted by Gasteiger charge is 2.40. The predicted octanol–water partition coefficient (Wildman–Crippen LogP) is -1.09. The van der Waals surface area contributed by atoms with Gasteiger partial charge in [-0.2, -0.15) is 0 Å². The van der Waals surface area contributed by atoms with Crippen LogP contribution in [0, 0.1) is 0 Å². The molecule has 0 amide bonds. The molecule has 0 saturated carbocycles. The van der Waals surface area contributed by atoms with Crippen LogP contribution >= 0.6 is 0 Å². The second-order valence-corrected chi connectivity index (χ2v) is 4.86. The van der Waals surface area contributed by atoms with Crippen molar-refractivity contribution in [3.63, 3.8) is 0 Å². The molecule has 0 spiro atoms. The molecule has 23 heavy (non-hydrogen) atoms. The Bertz CT molecular complexity index is 733. The summed E-state index contributed by atoms with van der Waals surface area (Å²) in [4.78, 5) is 37.4. The van der Waals surface area contributed by atoms with Gasteiger partial charge in [0.15, 0.2) is 6.23 Å². The van der Waals surface area contributed by atoms with Gasteiger partial charge >= 0.3 is 11.7 Å². The summed E-state index contributed by atoms with van der Waals surface area (Å²) in [5.41, 5.74) is -1.70. The van der Waals surface area contributed by atoms with Gasteiger partial charge in [0, 0.05) is 6.20 Å². The van der Waals surface area contributed by atoms with Gasteiger partial charge < -0.3 is 19.7 Å². The molecule has 1 aliphatic heterocycles. The largest absolute Gasteiger partial charge is 0.462 e. The van der Waals surface area contributed by atoms with Crippen LogP contribution < -0.4 is 11.2 Å². The monoisotopic (exact) mass is 326 g/mol. The second kappa shape index (κ2) is 6.90. The molecule has 9 nitrogen and oxygen atoms in total. The standard InChI is InChI=1S/C14H18N2O7/c1-3-7-9(6-17)23-12(10(7)18)16-5-8(13(20)22-4-2)11(19)15-14(16)21/h3,5,9-10,12,17-18H,4,6H2,1-2H3,(H,15,19,21)/t9-,10-,12-/m1/s1. The summed E-state index contributed by atoms with van der Waals surface area (Å²) in [5.74, 6) is -0.889. The van der Waals surface area contributed by atoms with Crippen molar-refractivity contribution in [2.24, 2.45) is 0 Å². The molecule has 0 aromatic carbocycles. The fourth-order valence-electron chi connectivity index (χ4n) is 2.43. The highest BCUT2D eigenvalue weighted by atomic mass is 16.5. The molecule has 3 N–H and O–H groups in total. The van der Waals surface area contributed by atoms with E-state index in [1.54, 1.807) is 19.9 Å². The summed E-state index contributed by atoms with van der Waals surface area (Å²) in [6, 6.07) is 0. The molecule has 2 heterocycles. The van der Waals surface area contributed by atoms with Gasteiger partial charge in [-0.1, -0.05) is 6.08 Å². The number of aromatic amines is 1. The zero-order valence-electron chi connectivity index (χ0n) is 12.7. The Morgan fingerprint density at radius 1 is 1.52 bits per heavy atom. The van der Waals surface area contributed by atoms with Crippen LogP contribution in [0.25, 0.3) is 0 Å². The molecule has 1 aromatic heterocycles. The van der Waals surface area contributed by atoms with E-state index in [9.17, 15) is 24.6 Å². The Hall–Kier alpha value is -2.23. The molecule has 9 heteroatoms. The third-order valence-corrected chi connectivity index (χ3v) is 3.52. The highest BCUT2D eigenvalue weighted by Crippen LogP contribution is 2.32. The van der Waals surface area contributed by atoms with E-state index in [4.69, 9.17) is 9.47 Å². The zero-order valence-corrected chi connectivity index (χ0v) is 12.7. The number of rotatable bonds is 4. The fraction of sp³-hybridized carbons (Fsp3) is 0.500. The molecular weight excluding hydrogens is 308 g/mol. The Kier molecular flexibility index (Phi) is 5.14. The number of esters is 1. The van der Waals surface area contributed by atoms with Gasteiger partial charge in [0.1, 0.15) is 17.8 Å². The van der Waals surface area contributed by atoms with Crippen molar-refractivity contribution in [3.8, 4) is 0 Å². The van der Waals surface area contributed by atoms with Crippen LogP contribution in [0.4, 0.5) is 0 Å². The molecular formula is C14H18N2O7. The SMILES string of the molecule is CC=C1[C@@H](O)[C@H](n2cc(C(=O)OCC)c(=O)[nH]c2=O)O[C@@H]1CO. The zero-order chi connectivity index (χ0) is 17.1. The average molecular weight is 326 g/mol. The first-order valence-corrected chi connectivity index (χ1v) is 7.07. The fourth-order valence-corrected chi connectivity index (χ4v) is 2.43. The van der Waals surface area contributed by atoms with Crippen molar-refractivity contribution in [2.75, 3.05) is 13.2 Å². The van der Waals surface area contributed by atoms with Gasteiger partial charge in [-0.3, -0.25) is 14.3 Å². The number of aliphatic hydroxyl groups excluding tert-OH is 2. The van der Waals surface area contributed by atoms with Gasteiger partial charge in [0.05, 0.1) is 13.2 Å². The summed E-state index contributed by atoms with van der Waals surface area (Å²) in [6.45, 7) is 2.92. The normalized spacial score (nSPS) is 25.7. The van der Waals surface area contributed by atoms with Crippen LogP contribution in [0.3, 0.4) is 0 Å². The van der Waals surface area contributed by atoms with E-state index >= 15 is 0 Å². The summed E-state index contributed by atoms with van der Waals surface area (Å²) in [6.07, 6.45) is -0.578. The lowest BCUT2D eigenvalue weighted by atomic mass is 10.1. The molecule has 3 atom stereocenters. The first kappa shape index (κ1) is 17.1. The van der Waals surface area contributed by atoms with Gasteiger partial charge in [-0.25, -0.2) is 9.59 Å². The molecule has 0 bridgehead atoms. The van der Waals surface area contributed by atoms with Crippen molar-refractivity contribution in [1.82, 2.24) is 9.55 Å². The number of carbonyl (C=O) groups excluding carboxylic acids is 1. The summed E-state index contributed by atoms with van der Waals surface area (Å²) < 4.78 is 11.1. The Morgan fingerprint density at radius 3 is 2.74 bits per heavy atom. The lowest BCUT2D eigenvalue weighted by Crippen LogP contribution is -2.38. The average Bonchev–Trinajstić information content (AvgIpc) is 2.83. The number of aromatic nitrogens is 2. The third-order valence-electron chi connectivity index (χ3n) is 3.52. The maximum atomic E-state index is 12.0. The smallest absolute Gasteiger partial charge is 0.345 e. The molecule has 126 valence electrons. The van der Waals surface area contributed by atoms with E-state index in [-0.39, 0.29) is 18.8 Å². The second-order valence-electron chi connectivity index (χ2n) is 4.86. The number of hydrogen-bond acceptors (Lipinski definition) is 7. The molecule has 0 radical (unpaired) electrons. The van der Waals surface area contributed by atoms with E-state index in [1.165, 1.54) is 0 Å². The number of allylic oxidation sites excluding steroid dienone is 1. The molecule has 1 aliphatic rings. The first-order valence-electron chi connectivity index (χ1n) is 7.07. The number of hydrogen-bond donors (Lipinski definition) is 3. The summed E-state index contributed by atoms with van der Waals surface area (Å²) >= 11 is 0. The number of aliphatic hydroxyl groups is 2. The quantitative estimate of drug-likeness (QED) is 0.473. The number of carbonyl (C=O) groups is 1. The number of ether oxygens (including phenoxy) is 2. The predicted molar refractivity (Wildman–Crippen MR) is 78.0 cm³/mol. The third kappa shape index (κ3) is 3.11. The van der Waals surface area contributed by atoms with Crippen LogP contribution in [0.5, 0.6) is 0 Å². The van der Waals surface area contributed by atoms with Crippen LogP contribution in [0.2, 0.25) is 0 Å². The van der Waals surface area contributed by atoms with E-state index in [2.05, 4.69) is 0 Å². The minimum Gasteiger partial charge on any atom is -0.462 e. The van der Waals surface area contributed by atoms with Crippen LogP contribution in [0.1, 0.15) is 30.4 Å². The summed E-state index contributed by atoms with van der Waals surface area (Å²) in [5, 5.41) is 19.5. The number of nitrogens with one attached hydrogen (secondary N) is 1.